The minimum Gasteiger partial charge on any atom is -0.384 e. The topological polar surface area (TPSA) is 111 Å². The molecule has 31 heavy (non-hydrogen) atoms. The standard InChI is InChI=1S/C24H29N5O2/c25-22(26)18-8-6-16(7-9-18)15-28-23(30)21-11-13-29(21)24(31)20-14-19(10-12-27-20)17-4-2-1-3-5-17/h1-9,19-21,27H,10-15H2,(H3,25,26)(H,28,30)/t19-,20+,21?/m0/s1. The zero-order valence-electron chi connectivity index (χ0n) is 17.5. The zero-order chi connectivity index (χ0) is 21.8. The number of nitrogens with two attached hydrogens (primary N) is 1. The Hall–Kier alpha value is -3.19. The van der Waals surface area contributed by atoms with Gasteiger partial charge in [0.1, 0.15) is 11.9 Å². The third-order valence-corrected chi connectivity index (χ3v) is 6.31. The number of nitrogen functional groups attached to an aromatic ring is 1. The van der Waals surface area contributed by atoms with Crippen LogP contribution in [0, 0.1) is 5.41 Å². The fourth-order valence-electron chi connectivity index (χ4n) is 4.37. The summed E-state index contributed by atoms with van der Waals surface area (Å²) >= 11 is 0. The van der Waals surface area contributed by atoms with Crippen LogP contribution in [-0.2, 0) is 16.1 Å². The molecular weight excluding hydrogens is 390 g/mol. The number of benzene rings is 2. The second-order valence-electron chi connectivity index (χ2n) is 8.30. The van der Waals surface area contributed by atoms with E-state index in [0.717, 1.165) is 24.9 Å². The number of likely N-dealkylation sites (tertiary alicyclic amines) is 1. The molecule has 3 atom stereocenters. The highest BCUT2D eigenvalue weighted by Gasteiger charge is 2.41. The summed E-state index contributed by atoms with van der Waals surface area (Å²) in [7, 11) is 0. The predicted octanol–water partition coefficient (Wildman–Crippen LogP) is 1.72. The maximum Gasteiger partial charge on any atom is 0.243 e. The summed E-state index contributed by atoms with van der Waals surface area (Å²) < 4.78 is 0. The molecule has 2 aliphatic heterocycles. The Morgan fingerprint density at radius 1 is 1.10 bits per heavy atom. The van der Waals surface area contributed by atoms with Crippen LogP contribution < -0.4 is 16.4 Å². The average molecular weight is 420 g/mol. The first kappa shape index (κ1) is 21.1. The maximum atomic E-state index is 13.1. The van der Waals surface area contributed by atoms with Crippen molar-refractivity contribution in [2.45, 2.75) is 43.8 Å². The van der Waals surface area contributed by atoms with E-state index in [9.17, 15) is 9.59 Å². The first-order chi connectivity index (χ1) is 15.0. The molecule has 0 bridgehead atoms. The molecule has 2 fully saturated rings. The van der Waals surface area contributed by atoms with Crippen molar-refractivity contribution >= 4 is 17.6 Å². The van der Waals surface area contributed by atoms with Gasteiger partial charge in [-0.2, -0.15) is 0 Å². The molecule has 162 valence electrons. The summed E-state index contributed by atoms with van der Waals surface area (Å²) in [6, 6.07) is 16.9. The lowest BCUT2D eigenvalue weighted by Gasteiger charge is -2.43. The van der Waals surface area contributed by atoms with Crippen molar-refractivity contribution in [3.8, 4) is 0 Å². The Morgan fingerprint density at radius 2 is 1.84 bits per heavy atom. The van der Waals surface area contributed by atoms with E-state index in [1.807, 2.05) is 30.3 Å². The van der Waals surface area contributed by atoms with Crippen LogP contribution in [0.1, 0.15) is 41.9 Å². The van der Waals surface area contributed by atoms with Crippen molar-refractivity contribution in [2.24, 2.45) is 5.73 Å². The number of carbonyl (C=O) groups excluding carboxylic acids is 2. The predicted molar refractivity (Wildman–Crippen MR) is 120 cm³/mol. The fraction of sp³-hybridized carbons (Fsp3) is 0.375. The van der Waals surface area contributed by atoms with Gasteiger partial charge >= 0.3 is 0 Å². The van der Waals surface area contributed by atoms with E-state index in [4.69, 9.17) is 11.1 Å². The number of rotatable bonds is 6. The number of nitrogens with one attached hydrogen (secondary N) is 3. The van der Waals surface area contributed by atoms with Crippen molar-refractivity contribution in [1.82, 2.24) is 15.5 Å². The highest BCUT2D eigenvalue weighted by atomic mass is 16.2. The van der Waals surface area contributed by atoms with Gasteiger partial charge in [-0.3, -0.25) is 15.0 Å². The fourth-order valence-corrected chi connectivity index (χ4v) is 4.37. The molecule has 0 aromatic heterocycles. The van der Waals surface area contributed by atoms with Crippen LogP contribution in [0.15, 0.2) is 54.6 Å². The smallest absolute Gasteiger partial charge is 0.243 e. The van der Waals surface area contributed by atoms with Crippen LogP contribution in [0.2, 0.25) is 0 Å². The van der Waals surface area contributed by atoms with E-state index < -0.39 is 6.04 Å². The molecule has 2 saturated heterocycles. The summed E-state index contributed by atoms with van der Waals surface area (Å²) in [6.45, 7) is 1.81. The lowest BCUT2D eigenvalue weighted by atomic mass is 9.85. The Bertz CT molecular complexity index is 944. The van der Waals surface area contributed by atoms with Crippen LogP contribution in [0.5, 0.6) is 0 Å². The molecule has 7 nitrogen and oxygen atoms in total. The van der Waals surface area contributed by atoms with Crippen molar-refractivity contribution in [3.05, 3.63) is 71.3 Å². The third kappa shape index (κ3) is 4.77. The van der Waals surface area contributed by atoms with Crippen LogP contribution >= 0.6 is 0 Å². The molecule has 4 rings (SSSR count). The Labute approximate surface area is 182 Å². The summed E-state index contributed by atoms with van der Waals surface area (Å²) in [5.41, 5.74) is 8.32. The van der Waals surface area contributed by atoms with Gasteiger partial charge in [-0.25, -0.2) is 0 Å². The van der Waals surface area contributed by atoms with Crippen molar-refractivity contribution in [1.29, 1.82) is 5.41 Å². The second kappa shape index (κ2) is 9.31. The quantitative estimate of drug-likeness (QED) is 0.422. The highest BCUT2D eigenvalue weighted by Crippen LogP contribution is 2.29. The van der Waals surface area contributed by atoms with E-state index in [1.165, 1.54) is 5.56 Å². The van der Waals surface area contributed by atoms with E-state index in [-0.39, 0.29) is 23.7 Å². The minimum atomic E-state index is -0.400. The Morgan fingerprint density at radius 3 is 2.48 bits per heavy atom. The van der Waals surface area contributed by atoms with E-state index in [1.54, 1.807) is 17.0 Å². The average Bonchev–Trinajstić information content (AvgIpc) is 2.78. The van der Waals surface area contributed by atoms with Gasteiger partial charge in [0.25, 0.3) is 0 Å². The lowest BCUT2D eigenvalue weighted by molar-refractivity contribution is -0.149. The van der Waals surface area contributed by atoms with Gasteiger partial charge in [0.2, 0.25) is 11.8 Å². The molecule has 2 aliphatic rings. The largest absolute Gasteiger partial charge is 0.384 e. The van der Waals surface area contributed by atoms with E-state index >= 15 is 0 Å². The number of amidine groups is 1. The number of amides is 2. The molecule has 2 aromatic carbocycles. The Balaban J connectivity index is 1.31. The number of hydrogen-bond acceptors (Lipinski definition) is 4. The van der Waals surface area contributed by atoms with Gasteiger partial charge in [0.05, 0.1) is 6.04 Å². The van der Waals surface area contributed by atoms with Crippen LogP contribution in [-0.4, -0.2) is 47.7 Å². The SMILES string of the molecule is N=C(N)c1ccc(CNC(=O)C2CCN2C(=O)[C@H]2C[C@@H](c3ccccc3)CCN2)cc1. The first-order valence-electron chi connectivity index (χ1n) is 10.8. The summed E-state index contributed by atoms with van der Waals surface area (Å²) in [6.07, 6.45) is 2.46. The monoisotopic (exact) mass is 419 g/mol. The van der Waals surface area contributed by atoms with Gasteiger partial charge < -0.3 is 21.3 Å². The molecule has 0 saturated carbocycles. The van der Waals surface area contributed by atoms with Gasteiger partial charge in [0.15, 0.2) is 0 Å². The minimum absolute atomic E-state index is 0.0185. The highest BCUT2D eigenvalue weighted by molar-refractivity contribution is 5.95. The Kier molecular flexibility index (Phi) is 6.32. The van der Waals surface area contributed by atoms with Crippen molar-refractivity contribution in [3.63, 3.8) is 0 Å². The number of piperidine rings is 1. The zero-order valence-corrected chi connectivity index (χ0v) is 17.5. The molecule has 2 aromatic rings. The second-order valence-corrected chi connectivity index (χ2v) is 8.30. The molecule has 0 aliphatic carbocycles. The summed E-state index contributed by atoms with van der Waals surface area (Å²) in [4.78, 5) is 27.5. The summed E-state index contributed by atoms with van der Waals surface area (Å²) in [5, 5.41) is 13.7. The molecule has 0 radical (unpaired) electrons. The number of nitrogens with zero attached hydrogens (tertiary/aromatic N) is 1. The lowest BCUT2D eigenvalue weighted by Crippen LogP contribution is -2.62. The number of carbonyl (C=O) groups is 2. The maximum absolute atomic E-state index is 13.1. The van der Waals surface area contributed by atoms with Crippen molar-refractivity contribution in [2.75, 3.05) is 13.1 Å². The van der Waals surface area contributed by atoms with E-state index in [2.05, 4.69) is 22.8 Å². The van der Waals surface area contributed by atoms with Crippen molar-refractivity contribution < 1.29 is 9.59 Å². The first-order valence-corrected chi connectivity index (χ1v) is 10.8. The van der Waals surface area contributed by atoms with Gasteiger partial charge in [0, 0.05) is 18.7 Å². The molecule has 5 N–H and O–H groups in total. The van der Waals surface area contributed by atoms with Gasteiger partial charge in [-0.05, 0) is 42.9 Å². The molecule has 2 heterocycles. The molecule has 7 heteroatoms. The third-order valence-electron chi connectivity index (χ3n) is 6.31. The molecule has 2 amide bonds. The van der Waals surface area contributed by atoms with Gasteiger partial charge in [-0.1, -0.05) is 54.6 Å². The van der Waals surface area contributed by atoms with Gasteiger partial charge in [-0.15, -0.1) is 0 Å². The van der Waals surface area contributed by atoms with Crippen LogP contribution in [0.3, 0.4) is 0 Å². The van der Waals surface area contributed by atoms with Crippen LogP contribution in [0.25, 0.3) is 0 Å². The molecule has 1 unspecified atom stereocenters. The van der Waals surface area contributed by atoms with Crippen LogP contribution in [0.4, 0.5) is 0 Å². The van der Waals surface area contributed by atoms with E-state index in [0.29, 0.717) is 31.0 Å². The normalized spacial score (nSPS) is 23.0. The number of hydrogen-bond donors (Lipinski definition) is 4. The summed E-state index contributed by atoms with van der Waals surface area (Å²) in [5.74, 6) is 0.288. The molecule has 0 spiro atoms. The molecular formula is C24H29N5O2.